The number of halogens is 1. The van der Waals surface area contributed by atoms with Crippen molar-refractivity contribution < 1.29 is 13.9 Å². The predicted octanol–water partition coefficient (Wildman–Crippen LogP) is 4.87. The number of rotatable bonds is 8. The fraction of sp³-hybridized carbons (Fsp3) is 0.269. The van der Waals surface area contributed by atoms with Gasteiger partial charge in [-0.15, -0.1) is 0 Å². The first-order chi connectivity index (χ1) is 16.1. The monoisotopic (exact) mass is 444 g/mol. The third-order valence-electron chi connectivity index (χ3n) is 6.13. The van der Waals surface area contributed by atoms with E-state index in [1.807, 2.05) is 35.4 Å². The van der Waals surface area contributed by atoms with E-state index in [-0.39, 0.29) is 11.7 Å². The van der Waals surface area contributed by atoms with Gasteiger partial charge in [-0.3, -0.25) is 9.78 Å². The van der Waals surface area contributed by atoms with Gasteiger partial charge in [0, 0.05) is 54.3 Å². The first-order valence-corrected chi connectivity index (χ1v) is 11.1. The molecule has 5 rings (SSSR count). The summed E-state index contributed by atoms with van der Waals surface area (Å²) in [4.78, 5) is 27.3. The summed E-state index contributed by atoms with van der Waals surface area (Å²) < 4.78 is 19.2. The number of para-hydroxylation sites is 1. The van der Waals surface area contributed by atoms with Crippen LogP contribution in [-0.4, -0.2) is 46.0 Å². The van der Waals surface area contributed by atoms with Crippen molar-refractivity contribution in [2.24, 2.45) is 5.92 Å². The van der Waals surface area contributed by atoms with Gasteiger partial charge in [-0.25, -0.2) is 9.37 Å². The maximum absolute atomic E-state index is 14.1. The summed E-state index contributed by atoms with van der Waals surface area (Å²) >= 11 is 0. The SMILES string of the molecule is COc1ccc(-c2cccnc2C(=O)N(CCc2c[nH]c3c(F)cccc23)CC2CC2)cn1. The second-order valence-corrected chi connectivity index (χ2v) is 8.41. The first kappa shape index (κ1) is 21.1. The Balaban J connectivity index is 1.41. The van der Waals surface area contributed by atoms with Crippen LogP contribution in [0.1, 0.15) is 28.9 Å². The van der Waals surface area contributed by atoms with E-state index < -0.39 is 0 Å². The minimum Gasteiger partial charge on any atom is -0.481 e. The average molecular weight is 445 g/mol. The van der Waals surface area contributed by atoms with Gasteiger partial charge in [-0.2, -0.15) is 0 Å². The molecule has 0 radical (unpaired) electrons. The molecular weight excluding hydrogens is 419 g/mol. The van der Waals surface area contributed by atoms with Crippen molar-refractivity contribution in [3.63, 3.8) is 0 Å². The molecule has 0 atom stereocenters. The van der Waals surface area contributed by atoms with E-state index in [2.05, 4.69) is 15.0 Å². The summed E-state index contributed by atoms with van der Waals surface area (Å²) in [5.74, 6) is 0.681. The first-order valence-electron chi connectivity index (χ1n) is 11.1. The summed E-state index contributed by atoms with van der Waals surface area (Å²) in [5, 5.41) is 0.858. The highest BCUT2D eigenvalue weighted by atomic mass is 19.1. The lowest BCUT2D eigenvalue weighted by molar-refractivity contribution is 0.0744. The topological polar surface area (TPSA) is 71.1 Å². The molecule has 1 amide bonds. The van der Waals surface area contributed by atoms with Gasteiger partial charge in [0.15, 0.2) is 0 Å². The minimum atomic E-state index is -0.268. The van der Waals surface area contributed by atoms with Crippen LogP contribution in [0.2, 0.25) is 0 Å². The van der Waals surface area contributed by atoms with Crippen LogP contribution in [0.15, 0.2) is 61.1 Å². The lowest BCUT2D eigenvalue weighted by Crippen LogP contribution is -2.35. The van der Waals surface area contributed by atoms with Crippen molar-refractivity contribution in [2.45, 2.75) is 19.3 Å². The number of pyridine rings is 2. The highest BCUT2D eigenvalue weighted by Crippen LogP contribution is 2.31. The Labute approximate surface area is 191 Å². The van der Waals surface area contributed by atoms with Crippen LogP contribution < -0.4 is 4.74 Å². The quantitative estimate of drug-likeness (QED) is 0.421. The molecule has 0 bridgehead atoms. The third kappa shape index (κ3) is 4.44. The van der Waals surface area contributed by atoms with E-state index in [9.17, 15) is 9.18 Å². The molecule has 1 aromatic carbocycles. The maximum Gasteiger partial charge on any atom is 0.273 e. The zero-order valence-corrected chi connectivity index (χ0v) is 18.4. The molecule has 1 fully saturated rings. The minimum absolute atomic E-state index is 0.0978. The van der Waals surface area contributed by atoms with E-state index in [0.29, 0.717) is 42.5 Å². The van der Waals surface area contributed by atoms with E-state index >= 15 is 0 Å². The van der Waals surface area contributed by atoms with Crippen molar-refractivity contribution >= 4 is 16.8 Å². The number of ether oxygens (including phenoxy) is 1. The standard InChI is InChI=1S/C26H25FN4O2/c1-33-23-10-9-18(14-29-23)21-5-3-12-28-25(21)26(32)31(16-17-7-8-17)13-11-19-15-30-24-20(19)4-2-6-22(24)27/h2-6,9-10,12,14-15,17,30H,7-8,11,13,16H2,1H3. The normalized spacial score (nSPS) is 13.3. The maximum atomic E-state index is 14.1. The molecule has 1 N–H and O–H groups in total. The lowest BCUT2D eigenvalue weighted by atomic mass is 10.0. The number of carbonyl (C=O) groups excluding carboxylic acids is 1. The third-order valence-corrected chi connectivity index (χ3v) is 6.13. The molecule has 7 heteroatoms. The number of methoxy groups -OCH3 is 1. The smallest absolute Gasteiger partial charge is 0.273 e. The summed E-state index contributed by atoms with van der Waals surface area (Å²) in [7, 11) is 1.57. The molecule has 0 saturated heterocycles. The van der Waals surface area contributed by atoms with Crippen molar-refractivity contribution in [3.8, 4) is 17.0 Å². The molecule has 6 nitrogen and oxygen atoms in total. The van der Waals surface area contributed by atoms with Crippen molar-refractivity contribution in [3.05, 3.63) is 78.1 Å². The lowest BCUT2D eigenvalue weighted by Gasteiger charge is -2.23. The molecule has 1 saturated carbocycles. The molecule has 0 unspecified atom stereocenters. The van der Waals surface area contributed by atoms with Crippen molar-refractivity contribution in [1.29, 1.82) is 0 Å². The molecule has 4 aromatic rings. The van der Waals surface area contributed by atoms with Gasteiger partial charge < -0.3 is 14.6 Å². The Morgan fingerprint density at radius 2 is 2.06 bits per heavy atom. The Kier molecular flexibility index (Phi) is 5.77. The van der Waals surface area contributed by atoms with E-state index in [1.165, 1.54) is 6.07 Å². The summed E-state index contributed by atoms with van der Waals surface area (Å²) in [6.07, 6.45) is 8.08. The predicted molar refractivity (Wildman–Crippen MR) is 125 cm³/mol. The highest BCUT2D eigenvalue weighted by Gasteiger charge is 2.29. The molecule has 3 heterocycles. The number of H-pyrrole nitrogens is 1. The Morgan fingerprint density at radius 1 is 1.18 bits per heavy atom. The van der Waals surface area contributed by atoms with Crippen molar-refractivity contribution in [2.75, 3.05) is 20.2 Å². The summed E-state index contributed by atoms with van der Waals surface area (Å²) in [5.41, 5.74) is 3.47. The fourth-order valence-electron chi connectivity index (χ4n) is 4.14. The number of aromatic amines is 1. The van der Waals surface area contributed by atoms with Gasteiger partial charge in [0.1, 0.15) is 11.5 Å². The second-order valence-electron chi connectivity index (χ2n) is 8.41. The number of fused-ring (bicyclic) bond motifs is 1. The average Bonchev–Trinajstić information content (AvgIpc) is 3.58. The molecule has 168 valence electrons. The molecule has 1 aliphatic rings. The Hall–Kier alpha value is -3.74. The zero-order chi connectivity index (χ0) is 22.8. The van der Waals surface area contributed by atoms with Crippen LogP contribution in [0, 0.1) is 11.7 Å². The van der Waals surface area contributed by atoms with Crippen LogP contribution in [0.4, 0.5) is 4.39 Å². The highest BCUT2D eigenvalue weighted by molar-refractivity contribution is 5.99. The van der Waals surface area contributed by atoms with Crippen LogP contribution in [0.5, 0.6) is 5.88 Å². The van der Waals surface area contributed by atoms with E-state index in [1.54, 1.807) is 31.6 Å². The molecule has 3 aromatic heterocycles. The Morgan fingerprint density at radius 3 is 2.82 bits per heavy atom. The molecule has 33 heavy (non-hydrogen) atoms. The Bertz CT molecular complexity index is 1280. The van der Waals surface area contributed by atoms with Crippen LogP contribution in [0.3, 0.4) is 0 Å². The molecule has 0 aliphatic heterocycles. The number of aromatic nitrogens is 3. The zero-order valence-electron chi connectivity index (χ0n) is 18.4. The number of nitrogens with one attached hydrogen (secondary N) is 1. The number of amides is 1. The van der Waals surface area contributed by atoms with Crippen LogP contribution >= 0.6 is 0 Å². The van der Waals surface area contributed by atoms with Crippen LogP contribution in [0.25, 0.3) is 22.0 Å². The number of benzene rings is 1. The molecule has 0 spiro atoms. The van der Waals surface area contributed by atoms with Gasteiger partial charge in [-0.05, 0) is 48.9 Å². The van der Waals surface area contributed by atoms with Crippen molar-refractivity contribution in [1.82, 2.24) is 19.9 Å². The molecular formula is C26H25FN4O2. The summed E-state index contributed by atoms with van der Waals surface area (Å²) in [6.45, 7) is 1.24. The fourth-order valence-corrected chi connectivity index (χ4v) is 4.14. The van der Waals surface area contributed by atoms with Gasteiger partial charge in [0.05, 0.1) is 12.6 Å². The number of carbonyl (C=O) groups is 1. The number of hydrogen-bond acceptors (Lipinski definition) is 4. The van der Waals surface area contributed by atoms with Gasteiger partial charge in [0.25, 0.3) is 5.91 Å². The molecule has 1 aliphatic carbocycles. The largest absolute Gasteiger partial charge is 0.481 e. The van der Waals surface area contributed by atoms with Crippen LogP contribution in [-0.2, 0) is 6.42 Å². The second kappa shape index (κ2) is 9.02. The van der Waals surface area contributed by atoms with E-state index in [4.69, 9.17) is 4.74 Å². The van der Waals surface area contributed by atoms with Gasteiger partial charge in [-0.1, -0.05) is 18.2 Å². The van der Waals surface area contributed by atoms with E-state index in [0.717, 1.165) is 34.9 Å². The summed E-state index contributed by atoms with van der Waals surface area (Å²) in [6, 6.07) is 12.4. The van der Waals surface area contributed by atoms with Gasteiger partial charge in [0.2, 0.25) is 5.88 Å². The number of hydrogen-bond donors (Lipinski definition) is 1. The van der Waals surface area contributed by atoms with Gasteiger partial charge >= 0.3 is 0 Å². The number of nitrogens with zero attached hydrogens (tertiary/aromatic N) is 3.